The minimum Gasteiger partial charge on any atom is -0.497 e. The van der Waals surface area contributed by atoms with Crippen LogP contribution in [0.5, 0.6) is 5.75 Å². The van der Waals surface area contributed by atoms with Crippen molar-refractivity contribution < 1.29 is 4.74 Å². The lowest BCUT2D eigenvalue weighted by Gasteiger charge is -2.13. The molecule has 0 unspecified atom stereocenters. The van der Waals surface area contributed by atoms with E-state index in [1.165, 1.54) is 9.71 Å². The summed E-state index contributed by atoms with van der Waals surface area (Å²) in [6.07, 6.45) is 0. The van der Waals surface area contributed by atoms with E-state index in [2.05, 4.69) is 25.8 Å². The molecule has 15 heavy (non-hydrogen) atoms. The van der Waals surface area contributed by atoms with Gasteiger partial charge in [0.15, 0.2) is 0 Å². The molecule has 0 radical (unpaired) electrons. The maximum absolute atomic E-state index is 5.20. The normalized spacial score (nSPS) is 12.0. The molecule has 0 aliphatic rings. The predicted molar refractivity (Wildman–Crippen MR) is 64.9 cm³/mol. The lowest BCUT2D eigenvalue weighted by Crippen LogP contribution is -2.09. The van der Waals surface area contributed by atoms with Crippen LogP contribution in [0.3, 0.4) is 0 Å². The summed E-state index contributed by atoms with van der Waals surface area (Å²) in [6.45, 7) is 6.55. The summed E-state index contributed by atoms with van der Waals surface area (Å²) >= 11 is 1.74. The Morgan fingerprint density at radius 2 is 2.00 bits per heavy atom. The molecule has 0 N–H and O–H groups in total. The quantitative estimate of drug-likeness (QED) is 0.734. The lowest BCUT2D eigenvalue weighted by molar-refractivity contribution is 0.415. The number of ether oxygens (including phenoxy) is 1. The Labute approximate surface area is 93.9 Å². The SMILES string of the molecule is COc1ccc2nc(C(C)(C)C)sc2c1. The Hall–Kier alpha value is -1.09. The fourth-order valence-electron chi connectivity index (χ4n) is 1.35. The summed E-state index contributed by atoms with van der Waals surface area (Å²) in [5.41, 5.74) is 1.18. The van der Waals surface area contributed by atoms with Gasteiger partial charge in [-0.1, -0.05) is 20.8 Å². The molecule has 1 heterocycles. The molecule has 0 aliphatic heterocycles. The van der Waals surface area contributed by atoms with Crippen LogP contribution in [0, 0.1) is 0 Å². The minimum absolute atomic E-state index is 0.122. The first-order valence-electron chi connectivity index (χ1n) is 4.96. The van der Waals surface area contributed by atoms with Crippen molar-refractivity contribution in [2.75, 3.05) is 7.11 Å². The van der Waals surface area contributed by atoms with E-state index >= 15 is 0 Å². The van der Waals surface area contributed by atoms with E-state index in [1.807, 2.05) is 18.2 Å². The lowest BCUT2D eigenvalue weighted by atomic mass is 9.98. The monoisotopic (exact) mass is 221 g/mol. The molecule has 80 valence electrons. The molecular formula is C12H15NOS. The fraction of sp³-hybridized carbons (Fsp3) is 0.417. The van der Waals surface area contributed by atoms with Gasteiger partial charge in [0, 0.05) is 5.41 Å². The molecule has 0 fully saturated rings. The second-order valence-electron chi connectivity index (χ2n) is 4.60. The van der Waals surface area contributed by atoms with Crippen molar-refractivity contribution in [1.82, 2.24) is 4.98 Å². The van der Waals surface area contributed by atoms with Gasteiger partial charge in [0.2, 0.25) is 0 Å². The summed E-state index contributed by atoms with van der Waals surface area (Å²) in [6, 6.07) is 6.01. The van der Waals surface area contributed by atoms with Gasteiger partial charge in [-0.25, -0.2) is 4.98 Å². The third-order valence-electron chi connectivity index (χ3n) is 2.24. The molecular weight excluding hydrogens is 206 g/mol. The van der Waals surface area contributed by atoms with Crippen LogP contribution in [0.2, 0.25) is 0 Å². The predicted octanol–water partition coefficient (Wildman–Crippen LogP) is 3.60. The Morgan fingerprint density at radius 3 is 2.60 bits per heavy atom. The van der Waals surface area contributed by atoms with Gasteiger partial charge in [-0.2, -0.15) is 0 Å². The molecule has 3 heteroatoms. The fourth-order valence-corrected chi connectivity index (χ4v) is 2.40. The molecule has 1 aromatic heterocycles. The van der Waals surface area contributed by atoms with Crippen molar-refractivity contribution in [1.29, 1.82) is 0 Å². The maximum atomic E-state index is 5.20. The van der Waals surface area contributed by atoms with Crippen LogP contribution in [0.1, 0.15) is 25.8 Å². The second kappa shape index (κ2) is 3.49. The Morgan fingerprint density at radius 1 is 1.27 bits per heavy atom. The highest BCUT2D eigenvalue weighted by molar-refractivity contribution is 7.18. The molecule has 0 saturated carbocycles. The molecule has 0 atom stereocenters. The number of nitrogens with zero attached hydrogens (tertiary/aromatic N) is 1. The average molecular weight is 221 g/mol. The highest BCUT2D eigenvalue weighted by Gasteiger charge is 2.18. The molecule has 0 saturated heterocycles. The van der Waals surface area contributed by atoms with Crippen molar-refractivity contribution in [3.8, 4) is 5.75 Å². The first-order chi connectivity index (χ1) is 7.00. The third-order valence-corrected chi connectivity index (χ3v) is 3.68. The Balaban J connectivity index is 2.56. The Bertz CT molecular complexity index is 482. The number of fused-ring (bicyclic) bond motifs is 1. The zero-order valence-corrected chi connectivity index (χ0v) is 10.3. The number of methoxy groups -OCH3 is 1. The van der Waals surface area contributed by atoms with Crippen LogP contribution in [-0.4, -0.2) is 12.1 Å². The number of benzene rings is 1. The van der Waals surface area contributed by atoms with Crippen molar-refractivity contribution in [3.05, 3.63) is 23.2 Å². The molecule has 0 bridgehead atoms. The molecule has 1 aromatic carbocycles. The van der Waals surface area contributed by atoms with Crippen LogP contribution in [0.4, 0.5) is 0 Å². The first kappa shape index (κ1) is 10.4. The zero-order valence-electron chi connectivity index (χ0n) is 9.50. The summed E-state index contributed by atoms with van der Waals surface area (Å²) in [7, 11) is 1.69. The van der Waals surface area contributed by atoms with Gasteiger partial charge in [-0.05, 0) is 18.2 Å². The van der Waals surface area contributed by atoms with Gasteiger partial charge in [0.25, 0.3) is 0 Å². The van der Waals surface area contributed by atoms with E-state index in [9.17, 15) is 0 Å². The van der Waals surface area contributed by atoms with Gasteiger partial charge in [0.1, 0.15) is 5.75 Å². The van der Waals surface area contributed by atoms with Gasteiger partial charge in [-0.3, -0.25) is 0 Å². The van der Waals surface area contributed by atoms with Gasteiger partial charge in [0.05, 0.1) is 22.3 Å². The largest absolute Gasteiger partial charge is 0.497 e. The molecule has 2 rings (SSSR count). The number of aromatic nitrogens is 1. The molecule has 0 amide bonds. The van der Waals surface area contributed by atoms with E-state index in [4.69, 9.17) is 4.74 Å². The topological polar surface area (TPSA) is 22.1 Å². The average Bonchev–Trinajstić information content (AvgIpc) is 2.59. The smallest absolute Gasteiger partial charge is 0.120 e. The molecule has 2 aromatic rings. The third kappa shape index (κ3) is 1.97. The van der Waals surface area contributed by atoms with Gasteiger partial charge in [-0.15, -0.1) is 11.3 Å². The second-order valence-corrected chi connectivity index (χ2v) is 5.63. The maximum Gasteiger partial charge on any atom is 0.120 e. The van der Waals surface area contributed by atoms with Crippen LogP contribution in [-0.2, 0) is 5.41 Å². The van der Waals surface area contributed by atoms with Crippen LogP contribution < -0.4 is 4.74 Å². The van der Waals surface area contributed by atoms with Crippen LogP contribution in [0.25, 0.3) is 10.2 Å². The molecule has 0 aliphatic carbocycles. The number of hydrogen-bond acceptors (Lipinski definition) is 3. The van der Waals surface area contributed by atoms with Crippen LogP contribution in [0.15, 0.2) is 18.2 Å². The summed E-state index contributed by atoms with van der Waals surface area (Å²) in [5, 5.41) is 1.17. The standard InChI is InChI=1S/C12H15NOS/c1-12(2,3)11-13-9-6-5-8(14-4)7-10(9)15-11/h5-7H,1-4H3. The Kier molecular flexibility index (Phi) is 2.43. The van der Waals surface area contributed by atoms with E-state index in [0.717, 1.165) is 11.3 Å². The summed E-state index contributed by atoms with van der Waals surface area (Å²) in [4.78, 5) is 4.62. The first-order valence-corrected chi connectivity index (χ1v) is 5.77. The van der Waals surface area contributed by atoms with E-state index < -0.39 is 0 Å². The minimum atomic E-state index is 0.122. The summed E-state index contributed by atoms with van der Waals surface area (Å²) in [5.74, 6) is 0.895. The van der Waals surface area contributed by atoms with Crippen molar-refractivity contribution in [2.45, 2.75) is 26.2 Å². The highest BCUT2D eigenvalue weighted by atomic mass is 32.1. The molecule has 2 nitrogen and oxygen atoms in total. The van der Waals surface area contributed by atoms with Crippen LogP contribution >= 0.6 is 11.3 Å². The van der Waals surface area contributed by atoms with Crippen molar-refractivity contribution in [3.63, 3.8) is 0 Å². The number of hydrogen-bond donors (Lipinski definition) is 0. The van der Waals surface area contributed by atoms with Crippen molar-refractivity contribution in [2.24, 2.45) is 0 Å². The van der Waals surface area contributed by atoms with Gasteiger partial charge >= 0.3 is 0 Å². The highest BCUT2D eigenvalue weighted by Crippen LogP contribution is 2.32. The van der Waals surface area contributed by atoms with E-state index in [1.54, 1.807) is 18.4 Å². The number of rotatable bonds is 1. The van der Waals surface area contributed by atoms with E-state index in [0.29, 0.717) is 0 Å². The van der Waals surface area contributed by atoms with Crippen molar-refractivity contribution >= 4 is 21.6 Å². The van der Waals surface area contributed by atoms with Gasteiger partial charge < -0.3 is 4.74 Å². The zero-order chi connectivity index (χ0) is 11.1. The summed E-state index contributed by atoms with van der Waals surface area (Å²) < 4.78 is 6.39. The molecule has 0 spiro atoms. The number of thiazole rings is 1. The van der Waals surface area contributed by atoms with E-state index in [-0.39, 0.29) is 5.41 Å².